The number of aryl methyl sites for hydroxylation is 1. The van der Waals surface area contributed by atoms with Gasteiger partial charge in [-0.15, -0.1) is 0 Å². The van der Waals surface area contributed by atoms with Crippen molar-refractivity contribution < 1.29 is 19.0 Å². The molecule has 0 atom stereocenters. The van der Waals surface area contributed by atoms with Crippen molar-refractivity contribution in [3.63, 3.8) is 0 Å². The summed E-state index contributed by atoms with van der Waals surface area (Å²) in [6, 6.07) is 9.89. The lowest BCUT2D eigenvalue weighted by Gasteiger charge is -2.27. The number of carbonyl (C=O) groups excluding carboxylic acids is 1. The molecule has 0 aliphatic carbocycles. The van der Waals surface area contributed by atoms with Crippen molar-refractivity contribution in [3.05, 3.63) is 53.1 Å². The molecule has 6 heteroatoms. The fourth-order valence-electron chi connectivity index (χ4n) is 4.13. The topological polar surface area (TPSA) is 60.0 Å². The monoisotopic (exact) mass is 438 g/mol. The van der Waals surface area contributed by atoms with E-state index in [-0.39, 0.29) is 5.91 Å². The van der Waals surface area contributed by atoms with E-state index >= 15 is 0 Å². The number of hydrogen-bond acceptors (Lipinski definition) is 5. The molecule has 0 unspecified atom stereocenters. The van der Waals surface area contributed by atoms with Crippen LogP contribution in [0.2, 0.25) is 0 Å². The fourth-order valence-corrected chi connectivity index (χ4v) is 4.13. The average Bonchev–Trinajstić information content (AvgIpc) is 2.79. The van der Waals surface area contributed by atoms with Crippen molar-refractivity contribution in [1.29, 1.82) is 0 Å². The largest absolute Gasteiger partial charge is 0.496 e. The molecular formula is C26H34N2O4. The predicted octanol–water partition coefficient (Wildman–Crippen LogP) is 4.87. The van der Waals surface area contributed by atoms with Crippen LogP contribution in [0.25, 0.3) is 5.57 Å². The Morgan fingerprint density at radius 2 is 1.78 bits per heavy atom. The smallest absolute Gasteiger partial charge is 0.238 e. The van der Waals surface area contributed by atoms with Crippen molar-refractivity contribution in [1.82, 2.24) is 4.90 Å². The fraction of sp³-hybridized carbons (Fsp3) is 0.423. The minimum absolute atomic E-state index is 0.0117. The van der Waals surface area contributed by atoms with Crippen molar-refractivity contribution in [3.8, 4) is 17.2 Å². The molecule has 0 saturated carbocycles. The first kappa shape index (κ1) is 23.7. The summed E-state index contributed by atoms with van der Waals surface area (Å²) in [5.74, 6) is 2.49. The molecular weight excluding hydrogens is 404 g/mol. The Labute approximate surface area is 191 Å². The summed E-state index contributed by atoms with van der Waals surface area (Å²) in [5, 5.41) is 3.14. The van der Waals surface area contributed by atoms with Crippen LogP contribution in [0.4, 0.5) is 5.69 Å². The van der Waals surface area contributed by atoms with E-state index in [0.717, 1.165) is 52.4 Å². The van der Waals surface area contributed by atoms with Crippen molar-refractivity contribution in [2.45, 2.75) is 33.1 Å². The molecule has 1 heterocycles. The quantitative estimate of drug-likeness (QED) is 0.637. The first-order valence-corrected chi connectivity index (χ1v) is 11.0. The highest BCUT2D eigenvalue weighted by molar-refractivity contribution is 5.94. The Morgan fingerprint density at radius 1 is 1.09 bits per heavy atom. The van der Waals surface area contributed by atoms with E-state index in [1.165, 1.54) is 0 Å². The zero-order valence-corrected chi connectivity index (χ0v) is 20.0. The summed E-state index contributed by atoms with van der Waals surface area (Å²) in [6.45, 7) is 8.14. The van der Waals surface area contributed by atoms with Gasteiger partial charge in [0.15, 0.2) is 0 Å². The molecule has 6 nitrogen and oxygen atoms in total. The van der Waals surface area contributed by atoms with E-state index in [1.54, 1.807) is 21.3 Å². The average molecular weight is 439 g/mol. The van der Waals surface area contributed by atoms with Crippen LogP contribution in [0.1, 0.15) is 42.9 Å². The predicted molar refractivity (Wildman–Crippen MR) is 129 cm³/mol. The minimum atomic E-state index is 0.0117. The van der Waals surface area contributed by atoms with Crippen LogP contribution >= 0.6 is 0 Å². The lowest BCUT2D eigenvalue weighted by atomic mass is 9.97. The maximum absolute atomic E-state index is 12.8. The second-order valence-electron chi connectivity index (χ2n) is 8.36. The lowest BCUT2D eigenvalue weighted by Crippen LogP contribution is -2.36. The number of benzene rings is 2. The van der Waals surface area contributed by atoms with E-state index in [4.69, 9.17) is 14.2 Å². The van der Waals surface area contributed by atoms with E-state index < -0.39 is 0 Å². The molecule has 0 aromatic heterocycles. The summed E-state index contributed by atoms with van der Waals surface area (Å²) in [4.78, 5) is 15.0. The van der Waals surface area contributed by atoms with E-state index in [0.29, 0.717) is 24.8 Å². The van der Waals surface area contributed by atoms with Gasteiger partial charge in [-0.3, -0.25) is 9.69 Å². The third kappa shape index (κ3) is 5.25. The SMILES string of the molecule is COc1cc(OC)c(C2=CCN(CC(=O)Nc3c(C)cccc3C(C)C)CC2)c(OC)c1. The number of anilines is 1. The number of rotatable bonds is 8. The van der Waals surface area contributed by atoms with Crippen LogP contribution in [0, 0.1) is 6.92 Å². The summed E-state index contributed by atoms with van der Waals surface area (Å²) in [7, 11) is 4.92. The highest BCUT2D eigenvalue weighted by Gasteiger charge is 2.22. The van der Waals surface area contributed by atoms with Crippen LogP contribution < -0.4 is 19.5 Å². The molecule has 2 aromatic carbocycles. The lowest BCUT2D eigenvalue weighted by molar-refractivity contribution is -0.117. The molecule has 0 saturated heterocycles. The van der Waals surface area contributed by atoms with Gasteiger partial charge in [0.25, 0.3) is 0 Å². The van der Waals surface area contributed by atoms with E-state index in [1.807, 2.05) is 31.2 Å². The summed E-state index contributed by atoms with van der Waals surface area (Å²) in [5.41, 5.74) is 5.29. The van der Waals surface area contributed by atoms with E-state index in [9.17, 15) is 4.79 Å². The van der Waals surface area contributed by atoms with Crippen LogP contribution in [-0.4, -0.2) is 51.8 Å². The number of carbonyl (C=O) groups is 1. The molecule has 3 rings (SSSR count). The Morgan fingerprint density at radius 3 is 2.31 bits per heavy atom. The van der Waals surface area contributed by atoms with Gasteiger partial charge in [0.2, 0.25) is 5.91 Å². The van der Waals surface area contributed by atoms with Crippen molar-refractivity contribution >= 4 is 17.2 Å². The zero-order chi connectivity index (χ0) is 23.3. The Kier molecular flexibility index (Phi) is 7.80. The van der Waals surface area contributed by atoms with Crippen LogP contribution in [0.5, 0.6) is 17.2 Å². The second kappa shape index (κ2) is 10.6. The molecule has 1 aliphatic rings. The molecule has 172 valence electrons. The second-order valence-corrected chi connectivity index (χ2v) is 8.36. The van der Waals surface area contributed by atoms with Gasteiger partial charge in [0.05, 0.1) is 33.4 Å². The van der Waals surface area contributed by atoms with Gasteiger partial charge in [0.1, 0.15) is 17.2 Å². The van der Waals surface area contributed by atoms with Gasteiger partial charge in [-0.1, -0.05) is 38.1 Å². The molecule has 1 aliphatic heterocycles. The maximum atomic E-state index is 12.8. The normalized spacial score (nSPS) is 14.2. The van der Waals surface area contributed by atoms with Gasteiger partial charge in [0, 0.05) is 30.9 Å². The van der Waals surface area contributed by atoms with E-state index in [2.05, 4.69) is 36.2 Å². The summed E-state index contributed by atoms with van der Waals surface area (Å²) >= 11 is 0. The molecule has 0 fully saturated rings. The third-order valence-corrected chi connectivity index (χ3v) is 5.89. The Bertz CT molecular complexity index is 972. The number of ether oxygens (including phenoxy) is 3. The Balaban J connectivity index is 1.71. The molecule has 1 amide bonds. The van der Waals surface area contributed by atoms with Gasteiger partial charge in [-0.2, -0.15) is 0 Å². The minimum Gasteiger partial charge on any atom is -0.496 e. The summed E-state index contributed by atoms with van der Waals surface area (Å²) in [6.07, 6.45) is 2.95. The first-order valence-electron chi connectivity index (χ1n) is 11.0. The number of nitrogens with one attached hydrogen (secondary N) is 1. The maximum Gasteiger partial charge on any atom is 0.238 e. The molecule has 0 spiro atoms. The highest BCUT2D eigenvalue weighted by Crippen LogP contribution is 2.40. The van der Waals surface area contributed by atoms with Crippen LogP contribution in [0.3, 0.4) is 0 Å². The molecule has 2 aromatic rings. The molecule has 1 N–H and O–H groups in total. The number of hydrogen-bond donors (Lipinski definition) is 1. The number of nitrogens with zero attached hydrogens (tertiary/aromatic N) is 1. The van der Waals surface area contributed by atoms with Crippen LogP contribution in [-0.2, 0) is 4.79 Å². The summed E-state index contributed by atoms with van der Waals surface area (Å²) < 4.78 is 16.6. The number of para-hydroxylation sites is 1. The number of amides is 1. The van der Waals surface area contributed by atoms with Crippen molar-refractivity contribution in [2.24, 2.45) is 0 Å². The van der Waals surface area contributed by atoms with Gasteiger partial charge >= 0.3 is 0 Å². The Hall–Kier alpha value is -2.99. The number of methoxy groups -OCH3 is 3. The zero-order valence-electron chi connectivity index (χ0n) is 20.0. The van der Waals surface area contributed by atoms with Gasteiger partial charge < -0.3 is 19.5 Å². The van der Waals surface area contributed by atoms with Crippen molar-refractivity contribution in [2.75, 3.05) is 46.3 Å². The first-order chi connectivity index (χ1) is 15.4. The molecule has 32 heavy (non-hydrogen) atoms. The van der Waals surface area contributed by atoms with Gasteiger partial charge in [-0.05, 0) is 36.0 Å². The van der Waals surface area contributed by atoms with Crippen LogP contribution in [0.15, 0.2) is 36.4 Å². The highest BCUT2D eigenvalue weighted by atomic mass is 16.5. The standard InChI is InChI=1S/C26H34N2O4/c1-17(2)21-9-7-8-18(3)26(21)27-24(29)16-28-12-10-19(11-13-28)25-22(31-5)14-20(30-4)15-23(25)32-6/h7-10,14-15,17H,11-13,16H2,1-6H3,(H,27,29). The molecule has 0 bridgehead atoms. The molecule has 0 radical (unpaired) electrons. The third-order valence-electron chi connectivity index (χ3n) is 5.89. The van der Waals surface area contributed by atoms with Gasteiger partial charge in [-0.25, -0.2) is 0 Å².